The van der Waals surface area contributed by atoms with E-state index in [0.29, 0.717) is 24.3 Å². The van der Waals surface area contributed by atoms with Gasteiger partial charge in [-0.25, -0.2) is 9.78 Å². The predicted molar refractivity (Wildman–Crippen MR) is 91.6 cm³/mol. The van der Waals surface area contributed by atoms with Gasteiger partial charge in [0.05, 0.1) is 12.9 Å². The molecule has 0 spiro atoms. The number of imidazole rings is 1. The summed E-state index contributed by atoms with van der Waals surface area (Å²) in [6.07, 6.45) is 1.57. The summed E-state index contributed by atoms with van der Waals surface area (Å²) in [4.78, 5) is 28.5. The second-order valence-corrected chi connectivity index (χ2v) is 5.99. The molecule has 0 aliphatic heterocycles. The number of benzene rings is 1. The van der Waals surface area contributed by atoms with Gasteiger partial charge in [0.25, 0.3) is 5.56 Å². The maximum atomic E-state index is 12.4. The lowest BCUT2D eigenvalue weighted by Crippen LogP contribution is -2.37. The SMILES string of the molecule is Cc1cc(C)cc(OCCn2cnc3c2c(=O)n(C)c(=O)n3C)c1. The molecule has 0 radical (unpaired) electrons. The second-order valence-electron chi connectivity index (χ2n) is 5.99. The molecule has 0 amide bonds. The lowest BCUT2D eigenvalue weighted by Gasteiger charge is -2.10. The van der Waals surface area contributed by atoms with E-state index in [1.54, 1.807) is 17.9 Å². The second kappa shape index (κ2) is 5.99. The van der Waals surface area contributed by atoms with E-state index in [2.05, 4.69) is 11.1 Å². The summed E-state index contributed by atoms with van der Waals surface area (Å²) in [7, 11) is 3.07. The number of hydrogen-bond donors (Lipinski definition) is 0. The minimum Gasteiger partial charge on any atom is -0.492 e. The Bertz CT molecular complexity index is 1010. The lowest BCUT2D eigenvalue weighted by molar-refractivity contribution is 0.299. The van der Waals surface area contributed by atoms with E-state index in [0.717, 1.165) is 21.4 Å². The van der Waals surface area contributed by atoms with Crippen LogP contribution in [0.4, 0.5) is 0 Å². The molecule has 0 N–H and O–H groups in total. The first-order valence-corrected chi connectivity index (χ1v) is 7.70. The zero-order valence-corrected chi connectivity index (χ0v) is 14.2. The fourth-order valence-electron chi connectivity index (χ4n) is 2.84. The zero-order chi connectivity index (χ0) is 17.4. The van der Waals surface area contributed by atoms with Crippen molar-refractivity contribution in [1.29, 1.82) is 0 Å². The van der Waals surface area contributed by atoms with Crippen molar-refractivity contribution in [3.05, 3.63) is 56.5 Å². The molecule has 1 aromatic carbocycles. The summed E-state index contributed by atoms with van der Waals surface area (Å²) < 4.78 is 9.97. The van der Waals surface area contributed by atoms with Crippen molar-refractivity contribution in [1.82, 2.24) is 18.7 Å². The number of nitrogens with zero attached hydrogens (tertiary/aromatic N) is 4. The van der Waals surface area contributed by atoms with Crippen molar-refractivity contribution in [2.75, 3.05) is 6.61 Å². The zero-order valence-electron chi connectivity index (χ0n) is 14.2. The highest BCUT2D eigenvalue weighted by Crippen LogP contribution is 2.16. The van der Waals surface area contributed by atoms with Gasteiger partial charge in [0, 0.05) is 14.1 Å². The van der Waals surface area contributed by atoms with Crippen LogP contribution in [0.15, 0.2) is 34.1 Å². The van der Waals surface area contributed by atoms with Crippen molar-refractivity contribution in [3.8, 4) is 5.75 Å². The minimum absolute atomic E-state index is 0.350. The van der Waals surface area contributed by atoms with Gasteiger partial charge >= 0.3 is 5.69 Å². The van der Waals surface area contributed by atoms with Gasteiger partial charge in [-0.1, -0.05) is 6.07 Å². The smallest absolute Gasteiger partial charge is 0.332 e. The third-order valence-electron chi connectivity index (χ3n) is 4.01. The first-order chi connectivity index (χ1) is 11.4. The highest BCUT2D eigenvalue weighted by atomic mass is 16.5. The highest BCUT2D eigenvalue weighted by Gasteiger charge is 2.14. The molecule has 3 aromatic rings. The molecule has 7 heteroatoms. The van der Waals surface area contributed by atoms with Crippen LogP contribution in [0.5, 0.6) is 5.75 Å². The summed E-state index contributed by atoms with van der Waals surface area (Å²) in [5, 5.41) is 0. The van der Waals surface area contributed by atoms with Crippen LogP contribution in [0.2, 0.25) is 0 Å². The Labute approximate surface area is 138 Å². The predicted octanol–water partition coefficient (Wildman–Crippen LogP) is 1.13. The Morgan fingerprint density at radius 2 is 1.71 bits per heavy atom. The van der Waals surface area contributed by atoms with Crippen LogP contribution < -0.4 is 16.0 Å². The number of fused-ring (bicyclic) bond motifs is 1. The van der Waals surface area contributed by atoms with Gasteiger partial charge in [-0.15, -0.1) is 0 Å². The van der Waals surface area contributed by atoms with Crippen molar-refractivity contribution in [3.63, 3.8) is 0 Å². The van der Waals surface area contributed by atoms with Gasteiger partial charge in [0.15, 0.2) is 11.2 Å². The summed E-state index contributed by atoms with van der Waals surface area (Å²) >= 11 is 0. The first kappa shape index (κ1) is 16.0. The number of aryl methyl sites for hydroxylation is 3. The average molecular weight is 328 g/mol. The summed E-state index contributed by atoms with van der Waals surface area (Å²) in [6.45, 7) is 4.91. The summed E-state index contributed by atoms with van der Waals surface area (Å²) in [5.41, 5.74) is 2.34. The van der Waals surface area contributed by atoms with Gasteiger partial charge < -0.3 is 9.30 Å². The van der Waals surface area contributed by atoms with E-state index in [1.165, 1.54) is 11.6 Å². The van der Waals surface area contributed by atoms with E-state index in [-0.39, 0.29) is 11.2 Å². The summed E-state index contributed by atoms with van der Waals surface area (Å²) in [5.74, 6) is 0.803. The largest absolute Gasteiger partial charge is 0.492 e. The van der Waals surface area contributed by atoms with Crippen LogP contribution in [0.3, 0.4) is 0 Å². The van der Waals surface area contributed by atoms with Crippen molar-refractivity contribution in [2.24, 2.45) is 14.1 Å². The maximum Gasteiger partial charge on any atom is 0.332 e. The Morgan fingerprint density at radius 3 is 2.38 bits per heavy atom. The maximum absolute atomic E-state index is 12.4. The van der Waals surface area contributed by atoms with Crippen LogP contribution >= 0.6 is 0 Å². The Balaban J connectivity index is 1.86. The average Bonchev–Trinajstić information content (AvgIpc) is 2.94. The van der Waals surface area contributed by atoms with Crippen LogP contribution in [0.25, 0.3) is 11.2 Å². The molecule has 0 unspecified atom stereocenters. The quantitative estimate of drug-likeness (QED) is 0.720. The van der Waals surface area contributed by atoms with Gasteiger partial charge in [-0.2, -0.15) is 0 Å². The Hall–Kier alpha value is -2.83. The number of hydrogen-bond acceptors (Lipinski definition) is 4. The van der Waals surface area contributed by atoms with Crippen LogP contribution in [-0.2, 0) is 20.6 Å². The molecular formula is C17H20N4O3. The van der Waals surface area contributed by atoms with Gasteiger partial charge in [-0.05, 0) is 37.1 Å². The third kappa shape index (κ3) is 2.73. The molecule has 2 heterocycles. The molecule has 3 rings (SSSR count). The molecule has 126 valence electrons. The molecule has 2 aromatic heterocycles. The van der Waals surface area contributed by atoms with Gasteiger partial charge in [0.2, 0.25) is 0 Å². The molecule has 0 aliphatic carbocycles. The van der Waals surface area contributed by atoms with Crippen molar-refractivity contribution < 1.29 is 4.74 Å². The third-order valence-corrected chi connectivity index (χ3v) is 4.01. The molecular weight excluding hydrogens is 308 g/mol. The standard InChI is InChI=1S/C17H20N4O3/c1-11-7-12(2)9-13(8-11)24-6-5-21-10-18-15-14(21)16(22)20(4)17(23)19(15)3/h7-10H,5-6H2,1-4H3. The van der Waals surface area contributed by atoms with E-state index in [1.807, 2.05) is 26.0 Å². The highest BCUT2D eigenvalue weighted by molar-refractivity contribution is 5.69. The number of rotatable bonds is 4. The van der Waals surface area contributed by atoms with Gasteiger partial charge in [0.1, 0.15) is 12.4 Å². The monoisotopic (exact) mass is 328 g/mol. The Kier molecular flexibility index (Phi) is 4.01. The fourth-order valence-corrected chi connectivity index (χ4v) is 2.84. The molecule has 0 fully saturated rings. The Morgan fingerprint density at radius 1 is 1.04 bits per heavy atom. The summed E-state index contributed by atoms with van der Waals surface area (Å²) in [6, 6.07) is 6.03. The van der Waals surface area contributed by atoms with Gasteiger partial charge in [-0.3, -0.25) is 13.9 Å². The first-order valence-electron chi connectivity index (χ1n) is 7.70. The topological polar surface area (TPSA) is 71.1 Å². The normalized spacial score (nSPS) is 11.2. The van der Waals surface area contributed by atoms with Crippen molar-refractivity contribution in [2.45, 2.75) is 20.4 Å². The lowest BCUT2D eigenvalue weighted by atomic mass is 10.1. The van der Waals surface area contributed by atoms with E-state index in [4.69, 9.17) is 4.74 Å². The minimum atomic E-state index is -0.385. The molecule has 0 saturated heterocycles. The van der Waals surface area contributed by atoms with Crippen molar-refractivity contribution >= 4 is 11.2 Å². The molecule has 0 atom stereocenters. The van der Waals surface area contributed by atoms with E-state index < -0.39 is 0 Å². The molecule has 7 nitrogen and oxygen atoms in total. The molecule has 0 aliphatic rings. The van der Waals surface area contributed by atoms with E-state index in [9.17, 15) is 9.59 Å². The number of aromatic nitrogens is 4. The molecule has 24 heavy (non-hydrogen) atoms. The number of ether oxygens (including phenoxy) is 1. The van der Waals surface area contributed by atoms with Crippen LogP contribution in [0, 0.1) is 13.8 Å². The molecule has 0 bridgehead atoms. The van der Waals surface area contributed by atoms with Crippen LogP contribution in [-0.4, -0.2) is 25.3 Å². The fraction of sp³-hybridized carbons (Fsp3) is 0.353. The molecule has 0 saturated carbocycles. The van der Waals surface area contributed by atoms with Crippen LogP contribution in [0.1, 0.15) is 11.1 Å². The van der Waals surface area contributed by atoms with E-state index >= 15 is 0 Å².